The number of carbonyl (C=O) groups is 2. The number of nitrogens with one attached hydrogen (secondary N) is 1. The summed E-state index contributed by atoms with van der Waals surface area (Å²) >= 11 is 0. The van der Waals surface area contributed by atoms with E-state index in [-0.39, 0.29) is 11.8 Å². The summed E-state index contributed by atoms with van der Waals surface area (Å²) < 4.78 is 0. The molecule has 4 rings (SSSR count). The number of hydrogen-bond acceptors (Lipinski definition) is 3. The molecule has 1 unspecified atom stereocenters. The Hall–Kier alpha value is -1.88. The molecule has 1 aromatic carbocycles. The first-order valence-corrected chi connectivity index (χ1v) is 10.1. The minimum Gasteiger partial charge on any atom is -0.341 e. The molecule has 5 nitrogen and oxygen atoms in total. The van der Waals surface area contributed by atoms with Gasteiger partial charge in [-0.3, -0.25) is 9.59 Å². The zero-order chi connectivity index (χ0) is 17.9. The van der Waals surface area contributed by atoms with Crippen LogP contribution in [0.1, 0.15) is 43.7 Å². The molecule has 5 heteroatoms. The lowest BCUT2D eigenvalue weighted by atomic mass is 9.92. The van der Waals surface area contributed by atoms with Crippen molar-refractivity contribution in [3.63, 3.8) is 0 Å². The van der Waals surface area contributed by atoms with Crippen LogP contribution in [-0.4, -0.2) is 54.3 Å². The lowest BCUT2D eigenvalue weighted by molar-refractivity contribution is -0.147. The molecular formula is C21H29N3O2. The second-order valence-electron chi connectivity index (χ2n) is 7.94. The fraction of sp³-hybridized carbons (Fsp3) is 0.619. The van der Waals surface area contributed by atoms with Crippen LogP contribution >= 0.6 is 0 Å². The number of hydrogen-bond donors (Lipinski definition) is 1. The standard InChI is InChI=1S/C21H29N3O2/c25-19-8-4-5-11-24(19)20(16-6-2-1-3-7-16)21(26)23-12-9-17-14-22-15-18(17)10-13-23/h1-3,6-7,17-18,20,22H,4-5,8-15H2/t17-,18+,20?. The van der Waals surface area contributed by atoms with E-state index in [0.29, 0.717) is 24.8 Å². The van der Waals surface area contributed by atoms with E-state index in [2.05, 4.69) is 5.32 Å². The fourth-order valence-electron chi connectivity index (χ4n) is 4.80. The van der Waals surface area contributed by atoms with Crippen LogP contribution in [0.15, 0.2) is 30.3 Å². The first-order valence-electron chi connectivity index (χ1n) is 10.1. The third kappa shape index (κ3) is 3.50. The molecule has 3 aliphatic heterocycles. The summed E-state index contributed by atoms with van der Waals surface area (Å²) in [5.74, 6) is 1.62. The van der Waals surface area contributed by atoms with Crippen molar-refractivity contribution in [2.24, 2.45) is 11.8 Å². The van der Waals surface area contributed by atoms with Gasteiger partial charge in [0, 0.05) is 26.1 Å². The Labute approximate surface area is 155 Å². The Balaban J connectivity index is 1.56. The molecule has 0 aromatic heterocycles. The first kappa shape index (κ1) is 17.5. The molecule has 0 spiro atoms. The molecule has 2 amide bonds. The highest BCUT2D eigenvalue weighted by molar-refractivity contribution is 5.89. The van der Waals surface area contributed by atoms with E-state index in [1.54, 1.807) is 0 Å². The van der Waals surface area contributed by atoms with Crippen LogP contribution in [0, 0.1) is 11.8 Å². The summed E-state index contributed by atoms with van der Waals surface area (Å²) in [7, 11) is 0. The molecule has 0 radical (unpaired) electrons. The number of likely N-dealkylation sites (tertiary alicyclic amines) is 2. The van der Waals surface area contributed by atoms with Crippen LogP contribution in [0.2, 0.25) is 0 Å². The molecule has 3 aliphatic rings. The molecule has 1 aromatic rings. The van der Waals surface area contributed by atoms with E-state index in [0.717, 1.165) is 57.4 Å². The number of amides is 2. The number of carbonyl (C=O) groups excluding carboxylic acids is 2. The third-order valence-electron chi connectivity index (χ3n) is 6.35. The van der Waals surface area contributed by atoms with Gasteiger partial charge in [-0.25, -0.2) is 0 Å². The van der Waals surface area contributed by atoms with Crippen LogP contribution in [0.5, 0.6) is 0 Å². The fourth-order valence-corrected chi connectivity index (χ4v) is 4.80. The minimum atomic E-state index is -0.458. The predicted molar refractivity (Wildman–Crippen MR) is 100 cm³/mol. The maximum atomic E-state index is 13.5. The highest BCUT2D eigenvalue weighted by Gasteiger charge is 2.37. The lowest BCUT2D eigenvalue weighted by Crippen LogP contribution is -2.47. The Morgan fingerprint density at radius 2 is 1.69 bits per heavy atom. The van der Waals surface area contributed by atoms with Crippen LogP contribution in [0.3, 0.4) is 0 Å². The van der Waals surface area contributed by atoms with Gasteiger partial charge in [0.1, 0.15) is 6.04 Å². The predicted octanol–water partition coefficient (Wildman–Crippen LogP) is 2.20. The quantitative estimate of drug-likeness (QED) is 0.904. The van der Waals surface area contributed by atoms with E-state index < -0.39 is 6.04 Å². The monoisotopic (exact) mass is 355 g/mol. The van der Waals surface area contributed by atoms with Crippen molar-refractivity contribution >= 4 is 11.8 Å². The van der Waals surface area contributed by atoms with E-state index in [1.807, 2.05) is 40.1 Å². The Morgan fingerprint density at radius 1 is 1.00 bits per heavy atom. The molecular weight excluding hydrogens is 326 g/mol. The van der Waals surface area contributed by atoms with Gasteiger partial charge in [-0.05, 0) is 56.2 Å². The molecule has 0 aliphatic carbocycles. The summed E-state index contributed by atoms with van der Waals surface area (Å²) in [6.45, 7) is 4.48. The van der Waals surface area contributed by atoms with Crippen molar-refractivity contribution in [3.8, 4) is 0 Å². The highest BCUT2D eigenvalue weighted by atomic mass is 16.2. The van der Waals surface area contributed by atoms with Gasteiger partial charge in [0.05, 0.1) is 0 Å². The number of rotatable bonds is 3. The van der Waals surface area contributed by atoms with Crippen molar-refractivity contribution in [1.29, 1.82) is 0 Å². The molecule has 3 heterocycles. The first-order chi connectivity index (χ1) is 12.7. The van der Waals surface area contributed by atoms with Gasteiger partial charge in [-0.1, -0.05) is 30.3 Å². The Morgan fingerprint density at radius 3 is 2.35 bits per heavy atom. The molecule has 3 saturated heterocycles. The van der Waals surface area contributed by atoms with Gasteiger partial charge in [0.15, 0.2) is 0 Å². The lowest BCUT2D eigenvalue weighted by Gasteiger charge is -2.37. The molecule has 3 fully saturated rings. The summed E-state index contributed by atoms with van der Waals surface area (Å²) in [4.78, 5) is 30.0. The van der Waals surface area contributed by atoms with Crippen molar-refractivity contribution in [3.05, 3.63) is 35.9 Å². The number of benzene rings is 1. The van der Waals surface area contributed by atoms with Crippen molar-refractivity contribution in [1.82, 2.24) is 15.1 Å². The van der Waals surface area contributed by atoms with Crippen LogP contribution in [0.4, 0.5) is 0 Å². The molecule has 26 heavy (non-hydrogen) atoms. The van der Waals surface area contributed by atoms with Gasteiger partial charge < -0.3 is 15.1 Å². The topological polar surface area (TPSA) is 52.7 Å². The normalized spacial score (nSPS) is 27.8. The van der Waals surface area contributed by atoms with E-state index in [4.69, 9.17) is 0 Å². The number of nitrogens with zero attached hydrogens (tertiary/aromatic N) is 2. The maximum absolute atomic E-state index is 13.5. The SMILES string of the molecule is O=C(C(c1ccccc1)N1CCCCC1=O)N1CC[C@@H]2CNC[C@@H]2CC1. The molecule has 0 bridgehead atoms. The van der Waals surface area contributed by atoms with E-state index >= 15 is 0 Å². The summed E-state index contributed by atoms with van der Waals surface area (Å²) in [6.07, 6.45) is 4.62. The second-order valence-corrected chi connectivity index (χ2v) is 7.94. The maximum Gasteiger partial charge on any atom is 0.250 e. The van der Waals surface area contributed by atoms with Crippen molar-refractivity contribution in [2.45, 2.75) is 38.1 Å². The van der Waals surface area contributed by atoms with Crippen LogP contribution < -0.4 is 5.32 Å². The highest BCUT2D eigenvalue weighted by Crippen LogP contribution is 2.31. The van der Waals surface area contributed by atoms with Crippen molar-refractivity contribution in [2.75, 3.05) is 32.7 Å². The zero-order valence-corrected chi connectivity index (χ0v) is 15.4. The van der Waals surface area contributed by atoms with Crippen molar-refractivity contribution < 1.29 is 9.59 Å². The van der Waals surface area contributed by atoms with Gasteiger partial charge in [-0.15, -0.1) is 0 Å². The second kappa shape index (κ2) is 7.78. The Kier molecular flexibility index (Phi) is 5.25. The van der Waals surface area contributed by atoms with Gasteiger partial charge in [-0.2, -0.15) is 0 Å². The van der Waals surface area contributed by atoms with E-state index in [9.17, 15) is 9.59 Å². The van der Waals surface area contributed by atoms with Gasteiger partial charge >= 0.3 is 0 Å². The average molecular weight is 355 g/mol. The smallest absolute Gasteiger partial charge is 0.250 e. The van der Waals surface area contributed by atoms with E-state index in [1.165, 1.54) is 0 Å². The Bertz CT molecular complexity index is 634. The minimum absolute atomic E-state index is 0.111. The third-order valence-corrected chi connectivity index (χ3v) is 6.35. The summed E-state index contributed by atoms with van der Waals surface area (Å²) in [6, 6.07) is 9.40. The molecule has 140 valence electrons. The van der Waals surface area contributed by atoms with Crippen LogP contribution in [0.25, 0.3) is 0 Å². The number of fused-ring (bicyclic) bond motifs is 1. The summed E-state index contributed by atoms with van der Waals surface area (Å²) in [5.41, 5.74) is 0.943. The summed E-state index contributed by atoms with van der Waals surface area (Å²) in [5, 5.41) is 3.49. The largest absolute Gasteiger partial charge is 0.341 e. The number of piperidine rings is 1. The molecule has 3 atom stereocenters. The van der Waals surface area contributed by atoms with Gasteiger partial charge in [0.2, 0.25) is 11.8 Å². The van der Waals surface area contributed by atoms with Crippen LogP contribution in [-0.2, 0) is 9.59 Å². The zero-order valence-electron chi connectivity index (χ0n) is 15.4. The molecule has 1 N–H and O–H groups in total. The molecule has 0 saturated carbocycles. The average Bonchev–Trinajstić information content (AvgIpc) is 3.02. The van der Waals surface area contributed by atoms with Gasteiger partial charge in [0.25, 0.3) is 0 Å².